The molecule has 0 bridgehead atoms. The zero-order valence-corrected chi connectivity index (χ0v) is 17.7. The molecule has 0 aliphatic rings. The maximum atomic E-state index is 6.06. The van der Waals surface area contributed by atoms with E-state index in [9.17, 15) is 0 Å². The molecule has 0 unspecified atom stereocenters. The number of rotatable bonds is 6. The predicted molar refractivity (Wildman–Crippen MR) is 123 cm³/mol. The van der Waals surface area contributed by atoms with Crippen LogP contribution in [0.3, 0.4) is 0 Å². The lowest BCUT2D eigenvalue weighted by atomic mass is 10.00. The maximum absolute atomic E-state index is 6.06. The maximum Gasteiger partial charge on any atom is 0.127 e. The molecule has 2 nitrogen and oxygen atoms in total. The second kappa shape index (κ2) is 8.87. The Kier molecular flexibility index (Phi) is 5.85. The molecule has 150 valence electrons. The summed E-state index contributed by atoms with van der Waals surface area (Å²) in [6.45, 7) is 6.28. The molecule has 2 heteroatoms. The van der Waals surface area contributed by atoms with E-state index in [1.54, 1.807) is 0 Å². The first-order valence-electron chi connectivity index (χ1n) is 10.2. The van der Waals surface area contributed by atoms with Gasteiger partial charge in [0.1, 0.15) is 23.0 Å². The molecule has 4 rings (SSSR count). The quantitative estimate of drug-likeness (QED) is 0.332. The average Bonchev–Trinajstić information content (AvgIpc) is 2.72. The number of hydrogen-bond donors (Lipinski definition) is 0. The molecule has 0 aliphatic heterocycles. The monoisotopic (exact) mass is 394 g/mol. The highest BCUT2D eigenvalue weighted by molar-refractivity contribution is 5.42. The minimum Gasteiger partial charge on any atom is -0.457 e. The normalized spacial score (nSPS) is 10.6. The standard InChI is InChI=1S/C28H26O2/c1-20-10-13-25(14-11-20)29-28-15-12-22(3)24(19-28)17-23-7-5-9-27(18-23)30-26-8-4-6-21(2)16-26/h4-16,18-19H,17H2,1-3H3. The molecule has 0 spiro atoms. The first-order valence-corrected chi connectivity index (χ1v) is 10.2. The zero-order valence-electron chi connectivity index (χ0n) is 17.7. The smallest absolute Gasteiger partial charge is 0.127 e. The van der Waals surface area contributed by atoms with E-state index in [4.69, 9.17) is 9.47 Å². The Labute approximate surface area is 178 Å². The van der Waals surface area contributed by atoms with Gasteiger partial charge < -0.3 is 9.47 Å². The van der Waals surface area contributed by atoms with Crippen molar-refractivity contribution in [2.24, 2.45) is 0 Å². The second-order valence-corrected chi connectivity index (χ2v) is 7.75. The van der Waals surface area contributed by atoms with Gasteiger partial charge in [-0.1, -0.05) is 48.0 Å². The van der Waals surface area contributed by atoms with Crippen LogP contribution in [0, 0.1) is 20.8 Å². The highest BCUT2D eigenvalue weighted by Gasteiger charge is 2.06. The molecule has 0 saturated carbocycles. The van der Waals surface area contributed by atoms with Gasteiger partial charge in [0, 0.05) is 0 Å². The average molecular weight is 395 g/mol. The van der Waals surface area contributed by atoms with Crippen molar-refractivity contribution < 1.29 is 9.47 Å². The van der Waals surface area contributed by atoms with E-state index in [0.717, 1.165) is 29.4 Å². The SMILES string of the molecule is Cc1ccc(Oc2ccc(C)c(Cc3cccc(Oc4cccc(C)c4)c3)c2)cc1. The van der Waals surface area contributed by atoms with Crippen molar-refractivity contribution in [2.75, 3.05) is 0 Å². The highest BCUT2D eigenvalue weighted by atomic mass is 16.5. The lowest BCUT2D eigenvalue weighted by Crippen LogP contribution is -1.94. The Morgan fingerprint density at radius 3 is 1.93 bits per heavy atom. The largest absolute Gasteiger partial charge is 0.457 e. The third-order valence-corrected chi connectivity index (χ3v) is 5.10. The molecular weight excluding hydrogens is 368 g/mol. The van der Waals surface area contributed by atoms with Gasteiger partial charge in [0.05, 0.1) is 0 Å². The van der Waals surface area contributed by atoms with Crippen LogP contribution in [0.5, 0.6) is 23.0 Å². The molecule has 0 amide bonds. The van der Waals surface area contributed by atoms with Gasteiger partial charge in [-0.3, -0.25) is 0 Å². The van der Waals surface area contributed by atoms with E-state index < -0.39 is 0 Å². The topological polar surface area (TPSA) is 18.5 Å². The minimum absolute atomic E-state index is 0.821. The van der Waals surface area contributed by atoms with E-state index in [0.29, 0.717) is 0 Å². The van der Waals surface area contributed by atoms with Crippen LogP contribution >= 0.6 is 0 Å². The summed E-state index contributed by atoms with van der Waals surface area (Å²) < 4.78 is 12.1. The summed E-state index contributed by atoms with van der Waals surface area (Å²) in [6, 6.07) is 30.8. The van der Waals surface area contributed by atoms with Crippen LogP contribution in [0.4, 0.5) is 0 Å². The summed E-state index contributed by atoms with van der Waals surface area (Å²) in [7, 11) is 0. The summed E-state index contributed by atoms with van der Waals surface area (Å²) in [6.07, 6.45) is 0.821. The lowest BCUT2D eigenvalue weighted by Gasteiger charge is -2.12. The summed E-state index contributed by atoms with van der Waals surface area (Å²) in [5.41, 5.74) is 6.10. The van der Waals surface area contributed by atoms with Crippen molar-refractivity contribution in [1.82, 2.24) is 0 Å². The Balaban J connectivity index is 1.51. The molecule has 0 fully saturated rings. The number of aryl methyl sites for hydroxylation is 3. The van der Waals surface area contributed by atoms with Crippen LogP contribution in [-0.4, -0.2) is 0 Å². The molecule has 30 heavy (non-hydrogen) atoms. The van der Waals surface area contributed by atoms with E-state index in [2.05, 4.69) is 63.2 Å². The van der Waals surface area contributed by atoms with Crippen LogP contribution < -0.4 is 9.47 Å². The van der Waals surface area contributed by atoms with Crippen LogP contribution in [0.25, 0.3) is 0 Å². The van der Waals surface area contributed by atoms with Crippen molar-refractivity contribution in [2.45, 2.75) is 27.2 Å². The molecule has 0 heterocycles. The van der Waals surface area contributed by atoms with Crippen molar-refractivity contribution in [3.05, 3.63) is 119 Å². The highest BCUT2D eigenvalue weighted by Crippen LogP contribution is 2.28. The molecule has 0 aromatic heterocycles. The molecule has 0 N–H and O–H groups in total. The van der Waals surface area contributed by atoms with Gasteiger partial charge in [0.25, 0.3) is 0 Å². The summed E-state index contributed by atoms with van der Waals surface area (Å²) in [5.74, 6) is 3.41. The third kappa shape index (κ3) is 5.09. The third-order valence-electron chi connectivity index (χ3n) is 5.10. The predicted octanol–water partition coefficient (Wildman–Crippen LogP) is 7.79. The number of benzene rings is 4. The van der Waals surface area contributed by atoms with Gasteiger partial charge in [-0.25, -0.2) is 0 Å². The fourth-order valence-corrected chi connectivity index (χ4v) is 3.40. The summed E-state index contributed by atoms with van der Waals surface area (Å²) in [4.78, 5) is 0. The van der Waals surface area contributed by atoms with Gasteiger partial charge in [-0.2, -0.15) is 0 Å². The van der Waals surface area contributed by atoms with Gasteiger partial charge in [0.15, 0.2) is 0 Å². The molecule has 4 aromatic carbocycles. The van der Waals surface area contributed by atoms with Crippen LogP contribution in [-0.2, 0) is 6.42 Å². The van der Waals surface area contributed by atoms with Crippen molar-refractivity contribution in [3.8, 4) is 23.0 Å². The first kappa shape index (κ1) is 19.8. The van der Waals surface area contributed by atoms with Crippen LogP contribution in [0.1, 0.15) is 27.8 Å². The Morgan fingerprint density at radius 1 is 0.533 bits per heavy atom. The van der Waals surface area contributed by atoms with Gasteiger partial charge in [0.2, 0.25) is 0 Å². The van der Waals surface area contributed by atoms with Crippen LogP contribution in [0.2, 0.25) is 0 Å². The Morgan fingerprint density at radius 2 is 1.17 bits per heavy atom. The van der Waals surface area contributed by atoms with E-state index in [1.807, 2.05) is 48.5 Å². The molecule has 0 radical (unpaired) electrons. The molecule has 0 saturated heterocycles. The fourth-order valence-electron chi connectivity index (χ4n) is 3.40. The van der Waals surface area contributed by atoms with Crippen molar-refractivity contribution in [3.63, 3.8) is 0 Å². The van der Waals surface area contributed by atoms with E-state index in [-0.39, 0.29) is 0 Å². The second-order valence-electron chi connectivity index (χ2n) is 7.75. The first-order chi connectivity index (χ1) is 14.5. The van der Waals surface area contributed by atoms with Crippen molar-refractivity contribution >= 4 is 0 Å². The van der Waals surface area contributed by atoms with Crippen molar-refractivity contribution in [1.29, 1.82) is 0 Å². The van der Waals surface area contributed by atoms with Crippen LogP contribution in [0.15, 0.2) is 91.0 Å². The van der Waals surface area contributed by atoms with Gasteiger partial charge in [-0.05, 0) is 98.0 Å². The van der Waals surface area contributed by atoms with E-state index >= 15 is 0 Å². The Hall–Kier alpha value is -3.52. The molecule has 0 atom stereocenters. The number of hydrogen-bond acceptors (Lipinski definition) is 2. The molecule has 4 aromatic rings. The minimum atomic E-state index is 0.821. The lowest BCUT2D eigenvalue weighted by molar-refractivity contribution is 0.481. The Bertz CT molecular complexity index is 1140. The summed E-state index contributed by atoms with van der Waals surface area (Å²) in [5, 5.41) is 0. The molecule has 0 aliphatic carbocycles. The fraction of sp³-hybridized carbons (Fsp3) is 0.143. The number of ether oxygens (including phenoxy) is 2. The zero-order chi connectivity index (χ0) is 20.9. The van der Waals surface area contributed by atoms with Gasteiger partial charge in [-0.15, -0.1) is 0 Å². The summed E-state index contributed by atoms with van der Waals surface area (Å²) >= 11 is 0. The molecular formula is C28H26O2. The van der Waals surface area contributed by atoms with Gasteiger partial charge >= 0.3 is 0 Å². The van der Waals surface area contributed by atoms with E-state index in [1.165, 1.54) is 27.8 Å².